The first-order chi connectivity index (χ1) is 6.09. The van der Waals surface area contributed by atoms with Crippen molar-refractivity contribution in [3.63, 3.8) is 0 Å². The average molecular weight is 205 g/mol. The van der Waals surface area contributed by atoms with Crippen molar-refractivity contribution < 1.29 is 9.32 Å². The Morgan fingerprint density at radius 1 is 1.62 bits per heavy atom. The van der Waals surface area contributed by atoms with Gasteiger partial charge in [-0.1, -0.05) is 6.92 Å². The maximum atomic E-state index is 11.5. The molecule has 0 aromatic heterocycles. The highest BCUT2D eigenvalue weighted by Gasteiger charge is 2.19. The van der Waals surface area contributed by atoms with Gasteiger partial charge in [-0.25, -0.2) is 0 Å². The number of aliphatic hydroxyl groups excluding tert-OH is 1. The zero-order chi connectivity index (χ0) is 9.84. The lowest BCUT2D eigenvalue weighted by molar-refractivity contribution is 0.131. The third kappa shape index (κ3) is 3.75. The van der Waals surface area contributed by atoms with Gasteiger partial charge < -0.3 is 5.11 Å². The largest absolute Gasteiger partial charge is 0.392 e. The van der Waals surface area contributed by atoms with E-state index < -0.39 is 10.8 Å². The molecule has 0 bridgehead atoms. The molecule has 3 atom stereocenters. The van der Waals surface area contributed by atoms with E-state index in [1.807, 2.05) is 6.92 Å². The van der Waals surface area contributed by atoms with E-state index in [9.17, 15) is 9.32 Å². The van der Waals surface area contributed by atoms with Gasteiger partial charge in [-0.3, -0.25) is 9.11 Å². The third-order valence-electron chi connectivity index (χ3n) is 2.43. The molecular formula is C9H19NO2S. The van der Waals surface area contributed by atoms with E-state index in [1.54, 1.807) is 6.92 Å². The standard InChI is InChI=1S/C9H19NO2S/c1-8(11)7-10-4-3-9(2)13(12)6-5-10/h8-9,11H,3-7H2,1-2H3. The lowest BCUT2D eigenvalue weighted by Crippen LogP contribution is -2.33. The molecule has 4 heteroatoms. The molecule has 0 saturated carbocycles. The van der Waals surface area contributed by atoms with Gasteiger partial charge in [0.15, 0.2) is 0 Å². The van der Waals surface area contributed by atoms with E-state index in [-0.39, 0.29) is 6.10 Å². The normalized spacial score (nSPS) is 34.1. The van der Waals surface area contributed by atoms with Gasteiger partial charge in [0, 0.05) is 34.9 Å². The lowest BCUT2D eigenvalue weighted by Gasteiger charge is -2.20. The monoisotopic (exact) mass is 205 g/mol. The van der Waals surface area contributed by atoms with Gasteiger partial charge in [0.05, 0.1) is 6.10 Å². The second-order valence-corrected chi connectivity index (χ2v) is 5.81. The third-order valence-corrected chi connectivity index (χ3v) is 4.15. The first kappa shape index (κ1) is 11.1. The fourth-order valence-corrected chi connectivity index (χ4v) is 2.79. The summed E-state index contributed by atoms with van der Waals surface area (Å²) in [5.74, 6) is 0.758. The summed E-state index contributed by atoms with van der Waals surface area (Å²) in [7, 11) is -0.661. The van der Waals surface area contributed by atoms with Crippen LogP contribution in [0.15, 0.2) is 0 Å². The highest BCUT2D eigenvalue weighted by atomic mass is 32.2. The van der Waals surface area contributed by atoms with Gasteiger partial charge in [-0.2, -0.15) is 0 Å². The zero-order valence-corrected chi connectivity index (χ0v) is 9.22. The van der Waals surface area contributed by atoms with Crippen LogP contribution < -0.4 is 0 Å². The van der Waals surface area contributed by atoms with E-state index in [0.29, 0.717) is 11.8 Å². The molecule has 1 saturated heterocycles. The number of hydrogen-bond donors (Lipinski definition) is 1. The van der Waals surface area contributed by atoms with Crippen molar-refractivity contribution >= 4 is 10.8 Å². The summed E-state index contributed by atoms with van der Waals surface area (Å²) in [5, 5.41) is 9.53. The van der Waals surface area contributed by atoms with Crippen molar-refractivity contribution in [2.24, 2.45) is 0 Å². The second kappa shape index (κ2) is 5.08. The number of β-amino-alcohol motifs (C(OH)–C–C–N with tert-alkyl or cyclic N) is 1. The summed E-state index contributed by atoms with van der Waals surface area (Å²) in [5.41, 5.74) is 0. The number of hydrogen-bond acceptors (Lipinski definition) is 3. The van der Waals surface area contributed by atoms with Crippen molar-refractivity contribution in [2.75, 3.05) is 25.4 Å². The minimum absolute atomic E-state index is 0.276. The molecule has 1 rings (SSSR count). The van der Waals surface area contributed by atoms with Gasteiger partial charge in [0.25, 0.3) is 0 Å². The van der Waals surface area contributed by atoms with E-state index in [0.717, 1.165) is 25.3 Å². The Morgan fingerprint density at radius 2 is 2.31 bits per heavy atom. The number of rotatable bonds is 2. The average Bonchev–Trinajstić information content (AvgIpc) is 2.19. The van der Waals surface area contributed by atoms with Gasteiger partial charge in [-0.15, -0.1) is 0 Å². The first-order valence-electron chi connectivity index (χ1n) is 4.87. The molecule has 0 aromatic rings. The molecule has 1 fully saturated rings. The Balaban J connectivity index is 2.40. The van der Waals surface area contributed by atoms with Crippen LogP contribution in [0, 0.1) is 0 Å². The van der Waals surface area contributed by atoms with Crippen LogP contribution in [0.2, 0.25) is 0 Å². The number of nitrogens with zero attached hydrogens (tertiary/aromatic N) is 1. The fourth-order valence-electron chi connectivity index (χ4n) is 1.58. The van der Waals surface area contributed by atoms with Crippen LogP contribution in [0.25, 0.3) is 0 Å². The highest BCUT2D eigenvalue weighted by molar-refractivity contribution is 7.85. The SMILES string of the molecule is CC(O)CN1CCC(C)S(=O)CC1. The Labute approximate surface area is 82.6 Å². The van der Waals surface area contributed by atoms with Crippen molar-refractivity contribution in [2.45, 2.75) is 31.6 Å². The molecule has 78 valence electrons. The van der Waals surface area contributed by atoms with Crippen molar-refractivity contribution in [3.8, 4) is 0 Å². The van der Waals surface area contributed by atoms with E-state index in [2.05, 4.69) is 4.90 Å². The molecule has 0 spiro atoms. The molecule has 0 aliphatic carbocycles. The molecular weight excluding hydrogens is 186 g/mol. The Bertz CT molecular complexity index is 184. The van der Waals surface area contributed by atoms with Crippen LogP contribution >= 0.6 is 0 Å². The van der Waals surface area contributed by atoms with Gasteiger partial charge >= 0.3 is 0 Å². The molecule has 1 N–H and O–H groups in total. The molecule has 1 aliphatic heterocycles. The van der Waals surface area contributed by atoms with Crippen molar-refractivity contribution in [3.05, 3.63) is 0 Å². The smallest absolute Gasteiger partial charge is 0.0639 e. The predicted octanol–water partition coefficient (Wildman–Crippen LogP) is 0.210. The van der Waals surface area contributed by atoms with Crippen molar-refractivity contribution in [1.82, 2.24) is 4.90 Å². The zero-order valence-electron chi connectivity index (χ0n) is 8.40. The molecule has 3 nitrogen and oxygen atoms in total. The molecule has 1 heterocycles. The molecule has 0 radical (unpaired) electrons. The van der Waals surface area contributed by atoms with Crippen LogP contribution in [-0.2, 0) is 10.8 Å². The molecule has 0 aromatic carbocycles. The van der Waals surface area contributed by atoms with Crippen LogP contribution in [0.4, 0.5) is 0 Å². The topological polar surface area (TPSA) is 40.5 Å². The number of aliphatic hydroxyl groups is 1. The van der Waals surface area contributed by atoms with Crippen LogP contribution in [0.1, 0.15) is 20.3 Å². The maximum Gasteiger partial charge on any atom is 0.0639 e. The molecule has 1 aliphatic rings. The molecule has 3 unspecified atom stereocenters. The predicted molar refractivity (Wildman–Crippen MR) is 55.2 cm³/mol. The maximum absolute atomic E-state index is 11.5. The van der Waals surface area contributed by atoms with E-state index in [4.69, 9.17) is 0 Å². The Kier molecular flexibility index (Phi) is 4.35. The Morgan fingerprint density at radius 3 is 2.92 bits per heavy atom. The van der Waals surface area contributed by atoms with Crippen LogP contribution in [-0.4, -0.2) is 51.0 Å². The van der Waals surface area contributed by atoms with Gasteiger partial charge in [-0.05, 0) is 19.9 Å². The van der Waals surface area contributed by atoms with E-state index >= 15 is 0 Å². The fraction of sp³-hybridized carbons (Fsp3) is 1.00. The Hall–Kier alpha value is 0.0700. The first-order valence-corrected chi connectivity index (χ1v) is 6.25. The second-order valence-electron chi connectivity index (χ2n) is 3.83. The van der Waals surface area contributed by atoms with Gasteiger partial charge in [0.2, 0.25) is 0 Å². The summed E-state index contributed by atoms with van der Waals surface area (Å²) in [6.07, 6.45) is 0.709. The summed E-state index contributed by atoms with van der Waals surface area (Å²) >= 11 is 0. The quantitative estimate of drug-likeness (QED) is 0.700. The van der Waals surface area contributed by atoms with Crippen molar-refractivity contribution in [1.29, 1.82) is 0 Å². The van der Waals surface area contributed by atoms with Crippen LogP contribution in [0.5, 0.6) is 0 Å². The lowest BCUT2D eigenvalue weighted by atomic mass is 10.3. The summed E-state index contributed by atoms with van der Waals surface area (Å²) in [6.45, 7) is 6.39. The van der Waals surface area contributed by atoms with E-state index in [1.165, 1.54) is 0 Å². The molecule has 0 amide bonds. The molecule has 13 heavy (non-hydrogen) atoms. The highest BCUT2D eigenvalue weighted by Crippen LogP contribution is 2.09. The van der Waals surface area contributed by atoms with Crippen LogP contribution in [0.3, 0.4) is 0 Å². The van der Waals surface area contributed by atoms with Gasteiger partial charge in [0.1, 0.15) is 0 Å². The minimum Gasteiger partial charge on any atom is -0.392 e. The summed E-state index contributed by atoms with van der Waals surface area (Å²) in [6, 6.07) is 0. The summed E-state index contributed by atoms with van der Waals surface area (Å²) in [4.78, 5) is 2.20. The summed E-state index contributed by atoms with van der Waals surface area (Å²) < 4.78 is 11.5. The minimum atomic E-state index is -0.661.